The SMILES string of the molecule is CC(C)N(C)[C@@H]1CC[C@H](NC(=O)Cc2cc3cccc(C(F)(F)F)c3[nH]2)[C@H](CS(=O)(=O)c2ccccc2)C1. The Morgan fingerprint density at radius 2 is 1.82 bits per heavy atom. The Hall–Kier alpha value is -2.85. The van der Waals surface area contributed by atoms with E-state index in [-0.39, 0.29) is 46.5 Å². The van der Waals surface area contributed by atoms with Crippen LogP contribution in [0.4, 0.5) is 13.2 Å². The van der Waals surface area contributed by atoms with Crippen molar-refractivity contribution in [1.82, 2.24) is 15.2 Å². The Kier molecular flexibility index (Phi) is 8.23. The van der Waals surface area contributed by atoms with Crippen LogP contribution < -0.4 is 5.32 Å². The number of hydrogen-bond acceptors (Lipinski definition) is 4. The van der Waals surface area contributed by atoms with Crippen molar-refractivity contribution < 1.29 is 26.4 Å². The lowest BCUT2D eigenvalue weighted by Crippen LogP contribution is -2.51. The molecule has 1 aromatic heterocycles. The first kappa shape index (κ1) is 28.2. The van der Waals surface area contributed by atoms with Crippen molar-refractivity contribution in [3.05, 3.63) is 65.9 Å². The predicted molar refractivity (Wildman–Crippen MR) is 141 cm³/mol. The highest BCUT2D eigenvalue weighted by atomic mass is 32.2. The molecular formula is C28H34F3N3O3S. The van der Waals surface area contributed by atoms with Gasteiger partial charge in [0.2, 0.25) is 5.91 Å². The molecule has 0 unspecified atom stereocenters. The molecule has 0 bridgehead atoms. The number of aromatic amines is 1. The Morgan fingerprint density at radius 1 is 1.11 bits per heavy atom. The molecule has 1 heterocycles. The van der Waals surface area contributed by atoms with Gasteiger partial charge in [-0.3, -0.25) is 4.79 Å². The summed E-state index contributed by atoms with van der Waals surface area (Å²) < 4.78 is 66.6. The number of rotatable bonds is 8. The number of carbonyl (C=O) groups excluding carboxylic acids is 1. The number of nitrogens with one attached hydrogen (secondary N) is 2. The zero-order valence-corrected chi connectivity index (χ0v) is 22.6. The van der Waals surface area contributed by atoms with Crippen molar-refractivity contribution in [2.24, 2.45) is 5.92 Å². The summed E-state index contributed by atoms with van der Waals surface area (Å²) in [5.41, 5.74) is -0.455. The van der Waals surface area contributed by atoms with Crippen molar-refractivity contribution in [1.29, 1.82) is 0 Å². The van der Waals surface area contributed by atoms with Gasteiger partial charge in [0.05, 0.1) is 28.1 Å². The maximum Gasteiger partial charge on any atom is 0.418 e. The van der Waals surface area contributed by atoms with Crippen LogP contribution in [0.3, 0.4) is 0 Å². The minimum Gasteiger partial charge on any atom is -0.357 e. The van der Waals surface area contributed by atoms with Gasteiger partial charge in [0.25, 0.3) is 0 Å². The number of benzene rings is 2. The van der Waals surface area contributed by atoms with Gasteiger partial charge in [-0.25, -0.2) is 8.42 Å². The van der Waals surface area contributed by atoms with Crippen LogP contribution in [-0.4, -0.2) is 55.1 Å². The molecule has 1 fully saturated rings. The number of hydrogen-bond donors (Lipinski definition) is 2. The van der Waals surface area contributed by atoms with Gasteiger partial charge in [0.1, 0.15) is 0 Å². The number of halogens is 3. The summed E-state index contributed by atoms with van der Waals surface area (Å²) in [5, 5.41) is 3.39. The van der Waals surface area contributed by atoms with Crippen LogP contribution >= 0.6 is 0 Å². The van der Waals surface area contributed by atoms with Crippen LogP contribution in [0.25, 0.3) is 10.9 Å². The number of nitrogens with zero attached hydrogens (tertiary/aromatic N) is 1. The standard InChI is InChI=1S/C28H34F3N3O3S/c1-18(2)34(3)22-12-13-25(20(15-22)17-38(36,37)23-9-5-4-6-10-23)33-26(35)16-21-14-19-8-7-11-24(27(19)32-21)28(29,30)31/h4-11,14,18,20,22,25,32H,12-13,15-17H2,1-3H3,(H,33,35)/t20-,22+,25-/m0/s1. The topological polar surface area (TPSA) is 82.3 Å². The van der Waals surface area contributed by atoms with E-state index < -0.39 is 21.6 Å². The predicted octanol–water partition coefficient (Wildman–Crippen LogP) is 5.20. The lowest BCUT2D eigenvalue weighted by Gasteiger charge is -2.41. The summed E-state index contributed by atoms with van der Waals surface area (Å²) >= 11 is 0. The lowest BCUT2D eigenvalue weighted by atomic mass is 9.81. The molecule has 1 amide bonds. The van der Waals surface area contributed by atoms with E-state index in [9.17, 15) is 26.4 Å². The number of fused-ring (bicyclic) bond motifs is 1. The van der Waals surface area contributed by atoms with Crippen molar-refractivity contribution >= 4 is 26.6 Å². The fourth-order valence-corrected chi connectivity index (χ4v) is 7.08. The minimum atomic E-state index is -4.51. The van der Waals surface area contributed by atoms with Crippen LogP contribution in [0.15, 0.2) is 59.5 Å². The summed E-state index contributed by atoms with van der Waals surface area (Å²) in [7, 11) is -1.55. The van der Waals surface area contributed by atoms with Crippen molar-refractivity contribution in [3.63, 3.8) is 0 Å². The third kappa shape index (κ3) is 6.40. The lowest BCUT2D eigenvalue weighted by molar-refractivity contribution is -0.136. The van der Waals surface area contributed by atoms with E-state index in [1.54, 1.807) is 42.5 Å². The van der Waals surface area contributed by atoms with E-state index in [2.05, 4.69) is 29.0 Å². The number of alkyl halides is 3. The monoisotopic (exact) mass is 549 g/mol. The number of carbonyl (C=O) groups is 1. The molecule has 6 nitrogen and oxygen atoms in total. The Labute approximate surface area is 221 Å². The molecule has 0 saturated heterocycles. The van der Waals surface area contributed by atoms with Gasteiger partial charge in [0.15, 0.2) is 9.84 Å². The van der Waals surface area contributed by atoms with Crippen LogP contribution in [0.1, 0.15) is 44.4 Å². The van der Waals surface area contributed by atoms with Crippen LogP contribution in [0.5, 0.6) is 0 Å². The Balaban J connectivity index is 1.52. The first-order valence-electron chi connectivity index (χ1n) is 12.8. The van der Waals surface area contributed by atoms with Gasteiger partial charge < -0.3 is 15.2 Å². The van der Waals surface area contributed by atoms with Crippen molar-refractivity contribution in [3.8, 4) is 0 Å². The summed E-state index contributed by atoms with van der Waals surface area (Å²) in [6.45, 7) is 4.18. The molecule has 0 spiro atoms. The number of aromatic nitrogens is 1. The first-order valence-corrected chi connectivity index (χ1v) is 14.5. The van der Waals surface area contributed by atoms with E-state index in [0.29, 0.717) is 30.0 Å². The van der Waals surface area contributed by atoms with Gasteiger partial charge in [-0.15, -0.1) is 0 Å². The van der Waals surface area contributed by atoms with E-state index in [1.807, 2.05) is 7.05 Å². The Bertz CT molecular complexity index is 1370. The molecule has 1 aliphatic carbocycles. The summed E-state index contributed by atoms with van der Waals surface area (Å²) in [6, 6.07) is 13.9. The number of H-pyrrole nitrogens is 1. The van der Waals surface area contributed by atoms with Gasteiger partial charge in [-0.05, 0) is 70.3 Å². The molecule has 4 rings (SSSR count). The fraction of sp³-hybridized carbons (Fsp3) is 0.464. The average molecular weight is 550 g/mol. The summed E-state index contributed by atoms with van der Waals surface area (Å²) in [4.78, 5) is 18.3. The Morgan fingerprint density at radius 3 is 2.47 bits per heavy atom. The highest BCUT2D eigenvalue weighted by molar-refractivity contribution is 7.91. The smallest absolute Gasteiger partial charge is 0.357 e. The minimum absolute atomic E-state index is 0.0492. The number of amides is 1. The largest absolute Gasteiger partial charge is 0.418 e. The molecule has 2 N–H and O–H groups in total. The van der Waals surface area contributed by atoms with Crippen LogP contribution in [0, 0.1) is 5.92 Å². The molecule has 10 heteroatoms. The second-order valence-electron chi connectivity index (χ2n) is 10.5. The van der Waals surface area contributed by atoms with Gasteiger partial charge in [0, 0.05) is 29.2 Å². The van der Waals surface area contributed by atoms with Crippen LogP contribution in [0.2, 0.25) is 0 Å². The molecule has 2 aromatic carbocycles. The van der Waals surface area contributed by atoms with Crippen molar-refractivity contribution in [2.75, 3.05) is 12.8 Å². The molecule has 0 radical (unpaired) electrons. The molecule has 3 atom stereocenters. The van der Waals surface area contributed by atoms with E-state index in [4.69, 9.17) is 0 Å². The zero-order valence-electron chi connectivity index (χ0n) is 21.8. The molecule has 1 aliphatic rings. The van der Waals surface area contributed by atoms with E-state index in [1.165, 1.54) is 6.07 Å². The third-order valence-corrected chi connectivity index (χ3v) is 9.45. The van der Waals surface area contributed by atoms with Gasteiger partial charge in [-0.1, -0.05) is 30.3 Å². The van der Waals surface area contributed by atoms with E-state index in [0.717, 1.165) is 12.5 Å². The highest BCUT2D eigenvalue weighted by Gasteiger charge is 2.37. The number of para-hydroxylation sites is 1. The quantitative estimate of drug-likeness (QED) is 0.405. The molecule has 38 heavy (non-hydrogen) atoms. The van der Waals surface area contributed by atoms with E-state index >= 15 is 0 Å². The highest BCUT2D eigenvalue weighted by Crippen LogP contribution is 2.35. The molecule has 206 valence electrons. The molecular weight excluding hydrogens is 515 g/mol. The zero-order chi connectivity index (χ0) is 27.7. The molecule has 0 aliphatic heterocycles. The van der Waals surface area contributed by atoms with Gasteiger partial charge in [-0.2, -0.15) is 13.2 Å². The summed E-state index contributed by atoms with van der Waals surface area (Å²) in [5.74, 6) is -0.748. The third-order valence-electron chi connectivity index (χ3n) is 7.60. The average Bonchev–Trinajstić information content (AvgIpc) is 3.26. The first-order chi connectivity index (χ1) is 17.8. The summed E-state index contributed by atoms with van der Waals surface area (Å²) in [6.07, 6.45) is -2.59. The van der Waals surface area contributed by atoms with Crippen molar-refractivity contribution in [2.45, 2.75) is 68.7 Å². The van der Waals surface area contributed by atoms with Gasteiger partial charge >= 0.3 is 6.18 Å². The number of sulfone groups is 1. The second-order valence-corrected chi connectivity index (χ2v) is 12.5. The van der Waals surface area contributed by atoms with Crippen LogP contribution in [-0.2, 0) is 27.2 Å². The maximum atomic E-state index is 13.4. The second kappa shape index (κ2) is 11.1. The molecule has 3 aromatic rings. The molecule has 1 saturated carbocycles. The maximum absolute atomic E-state index is 13.4. The fourth-order valence-electron chi connectivity index (χ4n) is 5.39. The normalized spacial score (nSPS) is 20.8.